The number of oxime groups is 1. The monoisotopic (exact) mass is 484 g/mol. The Balaban J connectivity index is 1.53. The molecule has 11 nitrogen and oxygen atoms in total. The summed E-state index contributed by atoms with van der Waals surface area (Å²) < 4.78 is 7.06. The highest BCUT2D eigenvalue weighted by molar-refractivity contribution is 6.13. The van der Waals surface area contributed by atoms with E-state index in [-0.39, 0.29) is 29.3 Å². The highest BCUT2D eigenvalue weighted by Gasteiger charge is 2.29. The first kappa shape index (κ1) is 24.5. The maximum absolute atomic E-state index is 12.5. The van der Waals surface area contributed by atoms with Gasteiger partial charge < -0.3 is 25.1 Å². The number of carbonyl (C=O) groups excluding carboxylic acids is 2. The van der Waals surface area contributed by atoms with Gasteiger partial charge in [0.1, 0.15) is 11.2 Å². The van der Waals surface area contributed by atoms with Crippen molar-refractivity contribution in [2.24, 2.45) is 5.16 Å². The summed E-state index contributed by atoms with van der Waals surface area (Å²) in [6, 6.07) is 1.50. The molecule has 0 radical (unpaired) electrons. The normalized spacial score (nSPS) is 17.6. The highest BCUT2D eigenvalue weighted by atomic mass is 16.6. The molecule has 1 aliphatic carbocycles. The second-order valence-corrected chi connectivity index (χ2v) is 10.1. The number of fused-ring (bicyclic) bond motifs is 1. The number of aromatic nitrogens is 3. The average Bonchev–Trinajstić information content (AvgIpc) is 3.46. The number of amidine groups is 1. The van der Waals surface area contributed by atoms with E-state index >= 15 is 0 Å². The molecule has 0 bridgehead atoms. The molecule has 0 aromatic carbocycles. The van der Waals surface area contributed by atoms with Crippen LogP contribution in [0.15, 0.2) is 33.9 Å². The maximum atomic E-state index is 12.5. The van der Waals surface area contributed by atoms with E-state index in [1.165, 1.54) is 18.3 Å². The summed E-state index contributed by atoms with van der Waals surface area (Å²) in [5.74, 6) is -0.489. The number of hydrogen-bond donors (Lipinski definition) is 3. The van der Waals surface area contributed by atoms with Gasteiger partial charge in [-0.1, -0.05) is 10.7 Å². The molecule has 3 heterocycles. The molecule has 1 aliphatic heterocycles. The predicted octanol–water partition coefficient (Wildman–Crippen LogP) is 2.89. The lowest BCUT2D eigenvalue weighted by Gasteiger charge is -2.33. The van der Waals surface area contributed by atoms with Crippen molar-refractivity contribution in [3.05, 3.63) is 45.5 Å². The van der Waals surface area contributed by atoms with E-state index in [0.29, 0.717) is 42.8 Å². The Morgan fingerprint density at radius 1 is 1.26 bits per heavy atom. The van der Waals surface area contributed by atoms with E-state index in [2.05, 4.69) is 20.6 Å². The third-order valence-corrected chi connectivity index (χ3v) is 6.28. The van der Waals surface area contributed by atoms with Crippen LogP contribution in [0.5, 0.6) is 0 Å². The Morgan fingerprint density at radius 2 is 1.94 bits per heavy atom. The minimum atomic E-state index is -0.562. The van der Waals surface area contributed by atoms with Gasteiger partial charge in [-0.25, -0.2) is 9.31 Å². The van der Waals surface area contributed by atoms with Crippen molar-refractivity contribution in [1.29, 1.82) is 0 Å². The van der Waals surface area contributed by atoms with Crippen molar-refractivity contribution in [1.82, 2.24) is 24.8 Å². The van der Waals surface area contributed by atoms with Crippen LogP contribution in [0, 0.1) is 0 Å². The minimum Gasteiger partial charge on any atom is -0.444 e. The first-order valence-electron chi connectivity index (χ1n) is 12.0. The number of nitrogens with zero attached hydrogens (tertiary/aromatic N) is 4. The van der Waals surface area contributed by atoms with E-state index in [4.69, 9.17) is 4.74 Å². The maximum Gasteiger partial charge on any atom is 0.410 e. The fourth-order valence-electron chi connectivity index (χ4n) is 4.62. The molecular formula is C24H32N6O5. The molecule has 2 amide bonds. The van der Waals surface area contributed by atoms with Crippen molar-refractivity contribution in [3.8, 4) is 0 Å². The number of likely N-dealkylation sites (tertiary alicyclic amines) is 1. The molecule has 0 spiro atoms. The van der Waals surface area contributed by atoms with Gasteiger partial charge in [0.05, 0.1) is 17.5 Å². The first-order chi connectivity index (χ1) is 16.6. The Kier molecular flexibility index (Phi) is 6.95. The fraction of sp³-hybridized carbons (Fsp3) is 0.542. The Morgan fingerprint density at radius 3 is 2.57 bits per heavy atom. The average molecular weight is 485 g/mol. The summed E-state index contributed by atoms with van der Waals surface area (Å²) in [4.78, 5) is 41.7. The molecule has 0 unspecified atom stereocenters. The zero-order valence-corrected chi connectivity index (χ0v) is 20.3. The Hall–Kier alpha value is -3.63. The van der Waals surface area contributed by atoms with Crippen LogP contribution < -0.4 is 10.9 Å². The number of ether oxygens (including phenoxy) is 1. The molecule has 188 valence electrons. The number of amides is 2. The van der Waals surface area contributed by atoms with Gasteiger partial charge in [0.2, 0.25) is 5.91 Å². The zero-order chi connectivity index (χ0) is 25.2. The van der Waals surface area contributed by atoms with Crippen molar-refractivity contribution in [3.63, 3.8) is 0 Å². The number of piperidine rings is 1. The zero-order valence-electron chi connectivity index (χ0n) is 20.3. The number of rotatable bonds is 3. The van der Waals surface area contributed by atoms with Crippen LogP contribution in [0.25, 0.3) is 5.65 Å². The summed E-state index contributed by atoms with van der Waals surface area (Å²) >= 11 is 0. The molecule has 1 saturated carbocycles. The van der Waals surface area contributed by atoms with Gasteiger partial charge in [-0.15, -0.1) is 0 Å². The second-order valence-electron chi connectivity index (χ2n) is 10.1. The molecule has 4 rings (SSSR count). The van der Waals surface area contributed by atoms with Gasteiger partial charge in [-0.3, -0.25) is 9.59 Å². The van der Waals surface area contributed by atoms with Crippen LogP contribution in [0.4, 0.5) is 4.79 Å². The van der Waals surface area contributed by atoms with Gasteiger partial charge in [0, 0.05) is 31.1 Å². The summed E-state index contributed by atoms with van der Waals surface area (Å²) in [5, 5.41) is 19.8. The standard InChI is InChI=1S/C24H32N6O5/c1-24(2,3)35-23(33)29-10-8-16(9-11-29)18-13-20(32)27-22-17(14-25-30(18)22)21(28-34)26-19(31)12-15-6-4-5-7-15/h12-14,16,34H,4-11H2,1-3H3,(H,27,32)(H,26,28,31). The van der Waals surface area contributed by atoms with E-state index in [1.54, 1.807) is 9.42 Å². The lowest BCUT2D eigenvalue weighted by Crippen LogP contribution is -2.41. The molecule has 2 aromatic rings. The van der Waals surface area contributed by atoms with Crippen molar-refractivity contribution in [2.75, 3.05) is 13.1 Å². The molecule has 0 atom stereocenters. The summed E-state index contributed by atoms with van der Waals surface area (Å²) in [6.45, 7) is 6.49. The quantitative estimate of drug-likeness (QED) is 0.201. The van der Waals surface area contributed by atoms with Crippen molar-refractivity contribution in [2.45, 2.75) is 70.8 Å². The van der Waals surface area contributed by atoms with Crippen LogP contribution in [0.1, 0.15) is 76.5 Å². The number of hydrogen-bond acceptors (Lipinski definition) is 7. The third-order valence-electron chi connectivity index (χ3n) is 6.28. The lowest BCUT2D eigenvalue weighted by molar-refractivity contribution is -0.115. The van der Waals surface area contributed by atoms with E-state index in [0.717, 1.165) is 31.3 Å². The lowest BCUT2D eigenvalue weighted by atomic mass is 9.93. The largest absolute Gasteiger partial charge is 0.444 e. The second kappa shape index (κ2) is 9.93. The summed E-state index contributed by atoms with van der Waals surface area (Å²) in [6.07, 6.45) is 7.82. The summed E-state index contributed by atoms with van der Waals surface area (Å²) in [7, 11) is 0. The molecule has 2 fully saturated rings. The van der Waals surface area contributed by atoms with Crippen LogP contribution >= 0.6 is 0 Å². The van der Waals surface area contributed by atoms with Crippen LogP contribution in [0.3, 0.4) is 0 Å². The van der Waals surface area contributed by atoms with E-state index in [9.17, 15) is 19.6 Å². The topological polar surface area (TPSA) is 141 Å². The Labute approximate surface area is 202 Å². The van der Waals surface area contributed by atoms with E-state index < -0.39 is 5.60 Å². The third kappa shape index (κ3) is 5.72. The van der Waals surface area contributed by atoms with Crippen molar-refractivity contribution >= 4 is 23.5 Å². The van der Waals surface area contributed by atoms with Gasteiger partial charge in [0.25, 0.3) is 5.56 Å². The number of allylic oxidation sites excluding steroid dienone is 1. The van der Waals surface area contributed by atoms with Crippen molar-refractivity contribution < 1.29 is 19.5 Å². The van der Waals surface area contributed by atoms with Gasteiger partial charge in [-0.2, -0.15) is 5.10 Å². The van der Waals surface area contributed by atoms with Crippen LogP contribution in [-0.4, -0.2) is 61.2 Å². The Bertz CT molecular complexity index is 1220. The van der Waals surface area contributed by atoms with Gasteiger partial charge >= 0.3 is 6.09 Å². The molecule has 2 aliphatic rings. The molecule has 2 aromatic heterocycles. The highest BCUT2D eigenvalue weighted by Crippen LogP contribution is 2.29. The number of nitrogens with one attached hydrogen (secondary N) is 2. The molecule has 3 N–H and O–H groups in total. The number of carbonyl (C=O) groups is 2. The minimum absolute atomic E-state index is 0.0116. The SMILES string of the molecule is CC(C)(C)OC(=O)N1CCC(c2cc(=O)[nH]c3c(C(=NO)NC(=O)C=C4CCCC4)cnn23)CC1. The molecule has 11 heteroatoms. The number of H-pyrrole nitrogens is 1. The summed E-state index contributed by atoms with van der Waals surface area (Å²) in [5.41, 5.74) is 1.48. The predicted molar refractivity (Wildman–Crippen MR) is 129 cm³/mol. The fourth-order valence-corrected chi connectivity index (χ4v) is 4.62. The van der Waals surface area contributed by atoms with Gasteiger partial charge in [-0.05, 0) is 59.3 Å². The van der Waals surface area contributed by atoms with Crippen LogP contribution in [0.2, 0.25) is 0 Å². The molecule has 35 heavy (non-hydrogen) atoms. The first-order valence-corrected chi connectivity index (χ1v) is 12.0. The number of aromatic amines is 1. The smallest absolute Gasteiger partial charge is 0.410 e. The molecule has 1 saturated heterocycles. The van der Waals surface area contributed by atoms with Gasteiger partial charge in [0.15, 0.2) is 5.84 Å². The van der Waals surface area contributed by atoms with E-state index in [1.807, 2.05) is 20.8 Å². The van der Waals surface area contributed by atoms with Crippen LogP contribution in [-0.2, 0) is 9.53 Å². The molecular weight excluding hydrogens is 452 g/mol.